The summed E-state index contributed by atoms with van der Waals surface area (Å²) in [6, 6.07) is 10.7. The van der Waals surface area contributed by atoms with Crippen LogP contribution in [0.2, 0.25) is 0 Å². The van der Waals surface area contributed by atoms with E-state index in [1.807, 2.05) is 23.1 Å². The van der Waals surface area contributed by atoms with E-state index in [0.717, 1.165) is 66.0 Å². The molecule has 5 nitrogen and oxygen atoms in total. The molecule has 0 aliphatic carbocycles. The molecular weight excluding hydrogens is 404 g/mol. The molecule has 2 aliphatic rings. The summed E-state index contributed by atoms with van der Waals surface area (Å²) in [6.45, 7) is 9.50. The molecule has 0 bridgehead atoms. The SMILES string of the molecule is CC(C)c1cc(N2CCCC[C@H]2C)nc(SCc2cccc(C(=O)N3CCCC3)c2)n1. The summed E-state index contributed by atoms with van der Waals surface area (Å²) in [4.78, 5) is 26.9. The summed E-state index contributed by atoms with van der Waals surface area (Å²) < 4.78 is 0. The minimum atomic E-state index is 0.156. The van der Waals surface area contributed by atoms with Gasteiger partial charge in [0.1, 0.15) is 5.82 Å². The van der Waals surface area contributed by atoms with Crippen molar-refractivity contribution in [2.45, 2.75) is 75.7 Å². The fraction of sp³-hybridized carbons (Fsp3) is 0.560. The predicted octanol–water partition coefficient (Wildman–Crippen LogP) is 5.51. The predicted molar refractivity (Wildman–Crippen MR) is 128 cm³/mol. The van der Waals surface area contributed by atoms with Gasteiger partial charge in [0.05, 0.1) is 0 Å². The van der Waals surface area contributed by atoms with Crippen molar-refractivity contribution in [1.29, 1.82) is 0 Å². The van der Waals surface area contributed by atoms with Gasteiger partial charge >= 0.3 is 0 Å². The molecule has 2 saturated heterocycles. The highest BCUT2D eigenvalue weighted by atomic mass is 32.2. The Morgan fingerprint density at radius 2 is 1.87 bits per heavy atom. The highest BCUT2D eigenvalue weighted by Gasteiger charge is 2.22. The first-order chi connectivity index (χ1) is 15.0. The minimum absolute atomic E-state index is 0.156. The van der Waals surface area contributed by atoms with Crippen LogP contribution >= 0.6 is 11.8 Å². The van der Waals surface area contributed by atoms with Gasteiger partial charge in [-0.15, -0.1) is 0 Å². The Morgan fingerprint density at radius 3 is 2.61 bits per heavy atom. The largest absolute Gasteiger partial charge is 0.354 e. The zero-order valence-corrected chi connectivity index (χ0v) is 19.8. The number of aromatic nitrogens is 2. The summed E-state index contributed by atoms with van der Waals surface area (Å²) in [5.41, 5.74) is 3.03. The van der Waals surface area contributed by atoms with Gasteiger partial charge < -0.3 is 9.80 Å². The molecule has 3 heterocycles. The molecule has 31 heavy (non-hydrogen) atoms. The normalized spacial score (nSPS) is 19.3. The quantitative estimate of drug-likeness (QED) is 0.440. The lowest BCUT2D eigenvalue weighted by Gasteiger charge is -2.34. The lowest BCUT2D eigenvalue weighted by atomic mass is 10.0. The van der Waals surface area contributed by atoms with Crippen molar-refractivity contribution in [2.24, 2.45) is 0 Å². The van der Waals surface area contributed by atoms with E-state index < -0.39 is 0 Å². The van der Waals surface area contributed by atoms with E-state index in [4.69, 9.17) is 9.97 Å². The van der Waals surface area contributed by atoms with Crippen LogP contribution in [0.5, 0.6) is 0 Å². The minimum Gasteiger partial charge on any atom is -0.354 e. The fourth-order valence-electron chi connectivity index (χ4n) is 4.42. The van der Waals surface area contributed by atoms with Gasteiger partial charge in [0, 0.05) is 48.8 Å². The van der Waals surface area contributed by atoms with Crippen molar-refractivity contribution in [3.8, 4) is 0 Å². The Morgan fingerprint density at radius 1 is 1.10 bits per heavy atom. The molecule has 166 valence electrons. The van der Waals surface area contributed by atoms with Gasteiger partial charge in [-0.25, -0.2) is 9.97 Å². The lowest BCUT2D eigenvalue weighted by Crippen LogP contribution is -2.38. The molecular formula is C25H34N4OS. The Hall–Kier alpha value is -2.08. The molecule has 0 saturated carbocycles. The number of hydrogen-bond donors (Lipinski definition) is 0. The Kier molecular flexibility index (Phi) is 7.16. The van der Waals surface area contributed by atoms with Crippen LogP contribution in [0.3, 0.4) is 0 Å². The van der Waals surface area contributed by atoms with Gasteiger partial charge in [-0.2, -0.15) is 0 Å². The summed E-state index contributed by atoms with van der Waals surface area (Å²) in [5.74, 6) is 2.34. The van der Waals surface area contributed by atoms with Crippen molar-refractivity contribution < 1.29 is 4.79 Å². The van der Waals surface area contributed by atoms with Crippen LogP contribution < -0.4 is 4.90 Å². The molecule has 0 spiro atoms. The molecule has 0 N–H and O–H groups in total. The number of benzene rings is 1. The first kappa shape index (κ1) is 22.1. The van der Waals surface area contributed by atoms with E-state index in [1.54, 1.807) is 11.8 Å². The number of nitrogens with zero attached hydrogens (tertiary/aromatic N) is 4. The molecule has 0 unspecified atom stereocenters. The number of piperidine rings is 1. The Labute approximate surface area is 190 Å². The molecule has 1 aromatic heterocycles. The third-order valence-electron chi connectivity index (χ3n) is 6.34. The molecule has 2 aromatic rings. The molecule has 6 heteroatoms. The summed E-state index contributed by atoms with van der Waals surface area (Å²) >= 11 is 1.66. The number of carbonyl (C=O) groups is 1. The van der Waals surface area contributed by atoms with Crippen LogP contribution in [-0.4, -0.2) is 46.5 Å². The van der Waals surface area contributed by atoms with E-state index in [9.17, 15) is 4.79 Å². The van der Waals surface area contributed by atoms with Gasteiger partial charge in [-0.1, -0.05) is 37.7 Å². The van der Waals surface area contributed by atoms with Gasteiger partial charge in [-0.3, -0.25) is 4.79 Å². The highest BCUT2D eigenvalue weighted by Crippen LogP contribution is 2.29. The number of amides is 1. The van der Waals surface area contributed by atoms with E-state index in [1.165, 1.54) is 19.3 Å². The molecule has 1 aromatic carbocycles. The van der Waals surface area contributed by atoms with Crippen LogP contribution in [0.1, 0.15) is 80.4 Å². The highest BCUT2D eigenvalue weighted by molar-refractivity contribution is 7.98. The van der Waals surface area contributed by atoms with E-state index in [-0.39, 0.29) is 5.91 Å². The zero-order valence-electron chi connectivity index (χ0n) is 19.0. The number of anilines is 1. The number of likely N-dealkylation sites (tertiary alicyclic amines) is 1. The summed E-state index contributed by atoms with van der Waals surface area (Å²) in [7, 11) is 0. The van der Waals surface area contributed by atoms with Crippen molar-refractivity contribution in [1.82, 2.24) is 14.9 Å². The van der Waals surface area contributed by atoms with Crippen molar-refractivity contribution >= 4 is 23.5 Å². The Bertz CT molecular complexity index is 910. The monoisotopic (exact) mass is 438 g/mol. The second kappa shape index (κ2) is 10.0. The van der Waals surface area contributed by atoms with Crippen LogP contribution in [-0.2, 0) is 5.75 Å². The maximum atomic E-state index is 12.7. The number of hydrogen-bond acceptors (Lipinski definition) is 5. The zero-order chi connectivity index (χ0) is 21.8. The second-order valence-corrected chi connectivity index (χ2v) is 10.1. The van der Waals surface area contributed by atoms with Gasteiger partial charge in [0.25, 0.3) is 5.91 Å². The molecule has 0 radical (unpaired) electrons. The second-order valence-electron chi connectivity index (χ2n) is 9.11. The van der Waals surface area contributed by atoms with Crippen LogP contribution in [0.15, 0.2) is 35.5 Å². The van der Waals surface area contributed by atoms with Gasteiger partial charge in [-0.05, 0) is 62.6 Å². The average Bonchev–Trinajstić information content (AvgIpc) is 3.32. The number of carbonyl (C=O) groups excluding carboxylic acids is 1. The van der Waals surface area contributed by atoms with E-state index >= 15 is 0 Å². The Balaban J connectivity index is 1.50. The van der Waals surface area contributed by atoms with E-state index in [2.05, 4.69) is 37.8 Å². The summed E-state index contributed by atoms with van der Waals surface area (Å²) in [5, 5.41) is 0.829. The molecule has 4 rings (SSSR count). The van der Waals surface area contributed by atoms with Gasteiger partial charge in [0.15, 0.2) is 5.16 Å². The van der Waals surface area contributed by atoms with E-state index in [0.29, 0.717) is 12.0 Å². The van der Waals surface area contributed by atoms with Crippen molar-refractivity contribution in [2.75, 3.05) is 24.5 Å². The average molecular weight is 439 g/mol. The first-order valence-electron chi connectivity index (χ1n) is 11.7. The lowest BCUT2D eigenvalue weighted by molar-refractivity contribution is 0.0792. The van der Waals surface area contributed by atoms with Crippen LogP contribution in [0.4, 0.5) is 5.82 Å². The van der Waals surface area contributed by atoms with Crippen molar-refractivity contribution in [3.05, 3.63) is 47.2 Å². The molecule has 2 fully saturated rings. The molecule has 2 aliphatic heterocycles. The van der Waals surface area contributed by atoms with Gasteiger partial charge in [0.2, 0.25) is 0 Å². The number of thioether (sulfide) groups is 1. The topological polar surface area (TPSA) is 49.3 Å². The molecule has 1 atom stereocenters. The summed E-state index contributed by atoms with van der Waals surface area (Å²) in [6.07, 6.45) is 5.98. The fourth-order valence-corrected chi connectivity index (χ4v) is 5.22. The molecule has 1 amide bonds. The third kappa shape index (κ3) is 5.40. The van der Waals surface area contributed by atoms with Crippen LogP contribution in [0.25, 0.3) is 0 Å². The maximum absolute atomic E-state index is 12.7. The maximum Gasteiger partial charge on any atom is 0.253 e. The first-order valence-corrected chi connectivity index (χ1v) is 12.7. The van der Waals surface area contributed by atoms with Crippen molar-refractivity contribution in [3.63, 3.8) is 0 Å². The third-order valence-corrected chi connectivity index (χ3v) is 7.25. The smallest absolute Gasteiger partial charge is 0.253 e. The number of rotatable bonds is 6. The standard InChI is InChI=1S/C25H34N4OS/c1-18(2)22-16-23(29-14-5-4-9-19(29)3)27-25(26-22)31-17-20-10-8-11-21(15-20)24(30)28-12-6-7-13-28/h8,10-11,15-16,18-19H,4-7,9,12-14,17H2,1-3H3/t19-/m1/s1. The van der Waals surface area contributed by atoms with Crippen LogP contribution in [0, 0.1) is 0 Å².